The minimum absolute atomic E-state index is 0. The second-order valence-corrected chi connectivity index (χ2v) is 6.93. The second kappa shape index (κ2) is 8.27. The fraction of sp³-hybridized carbons (Fsp3) is 0.455. The molecule has 0 unspecified atom stereocenters. The van der Waals surface area contributed by atoms with Gasteiger partial charge in [0, 0.05) is 10.7 Å². The van der Waals surface area contributed by atoms with Gasteiger partial charge < -0.3 is 5.11 Å². The Kier molecular flexibility index (Phi) is 9.91. The molecule has 0 aliphatic carbocycles. The quantitative estimate of drug-likeness (QED) is 0.498. The molecule has 17 heavy (non-hydrogen) atoms. The van der Waals surface area contributed by atoms with Crippen molar-refractivity contribution in [2.45, 2.75) is 38.2 Å². The molecule has 0 spiro atoms. The summed E-state index contributed by atoms with van der Waals surface area (Å²) in [7, 11) is 1.54. The van der Waals surface area contributed by atoms with Gasteiger partial charge in [0.2, 0.25) is 0 Å². The van der Waals surface area contributed by atoms with Crippen molar-refractivity contribution in [3.63, 3.8) is 0 Å². The van der Waals surface area contributed by atoms with Gasteiger partial charge in [0.05, 0.1) is 4.90 Å². The minimum atomic E-state index is -3.55. The Labute approximate surface area is 150 Å². The molecule has 0 radical (unpaired) electrons. The summed E-state index contributed by atoms with van der Waals surface area (Å²) < 4.78 is 21.4. The van der Waals surface area contributed by atoms with Crippen LogP contribution < -0.4 is 56.5 Å². The van der Waals surface area contributed by atoms with Gasteiger partial charge >= 0.3 is 51.4 Å². The molecule has 0 bridgehead atoms. The number of aryl methyl sites for hydroxylation is 1. The zero-order chi connectivity index (χ0) is 13.0. The van der Waals surface area contributed by atoms with Crippen molar-refractivity contribution in [1.82, 2.24) is 0 Å². The molecule has 1 rings (SSSR count). The topological polar surface area (TPSA) is 57.2 Å². The van der Waals surface area contributed by atoms with E-state index in [0.29, 0.717) is 0 Å². The Morgan fingerprint density at radius 3 is 1.65 bits per heavy atom. The van der Waals surface area contributed by atoms with Gasteiger partial charge in [0.15, 0.2) is 0 Å². The van der Waals surface area contributed by atoms with Gasteiger partial charge in [-0.1, -0.05) is 38.5 Å². The first-order chi connectivity index (χ1) is 7.00. The van der Waals surface area contributed by atoms with Gasteiger partial charge in [0.25, 0.3) is 9.05 Å². The van der Waals surface area contributed by atoms with Crippen LogP contribution in [0.5, 0.6) is 0 Å². The maximum Gasteiger partial charge on any atom is 1.00 e. The van der Waals surface area contributed by atoms with E-state index in [1.165, 1.54) is 12.1 Å². The first-order valence-electron chi connectivity index (χ1n) is 4.72. The molecule has 0 N–H and O–H groups in total. The molecule has 6 heteroatoms. The molecule has 0 aromatic heterocycles. The molecular weight excluding hydrogens is 287 g/mol. The van der Waals surface area contributed by atoms with Gasteiger partial charge in [-0.25, -0.2) is 8.42 Å². The maximum atomic E-state index is 10.7. The predicted octanol–water partition coefficient (Wildman–Crippen LogP) is -0.928. The fourth-order valence-electron chi connectivity index (χ4n) is 0.701. The average molecular weight is 303 g/mol. The van der Waals surface area contributed by atoms with Crippen molar-refractivity contribution >= 4 is 19.7 Å². The van der Waals surface area contributed by atoms with Crippen LogP contribution in [0, 0.1) is 6.92 Å². The van der Waals surface area contributed by atoms with Crippen LogP contribution in [0.3, 0.4) is 0 Å². The van der Waals surface area contributed by atoms with E-state index in [1.54, 1.807) is 32.9 Å². The van der Waals surface area contributed by atoms with E-state index in [9.17, 15) is 13.5 Å². The number of benzene rings is 1. The van der Waals surface area contributed by atoms with Crippen molar-refractivity contribution in [3.8, 4) is 0 Å². The van der Waals surface area contributed by atoms with Crippen LogP contribution in [-0.2, 0) is 9.05 Å². The normalized spacial score (nSPS) is 10.9. The molecule has 0 fully saturated rings. The first kappa shape index (κ1) is 20.4. The third kappa shape index (κ3) is 13.3. The van der Waals surface area contributed by atoms with E-state index in [1.807, 2.05) is 6.92 Å². The first-order valence-corrected chi connectivity index (χ1v) is 7.03. The largest absolute Gasteiger partial charge is 1.00 e. The third-order valence-corrected chi connectivity index (χ3v) is 2.67. The van der Waals surface area contributed by atoms with Gasteiger partial charge in [-0.3, -0.25) is 0 Å². The van der Waals surface area contributed by atoms with Gasteiger partial charge in [0.1, 0.15) is 0 Å². The van der Waals surface area contributed by atoms with Crippen molar-refractivity contribution in [1.29, 1.82) is 0 Å². The van der Waals surface area contributed by atoms with E-state index < -0.39 is 14.7 Å². The molecular formula is C11H16ClKO3S. The van der Waals surface area contributed by atoms with Crippen LogP contribution in [0.1, 0.15) is 26.3 Å². The maximum absolute atomic E-state index is 10.7. The van der Waals surface area contributed by atoms with E-state index in [2.05, 4.69) is 0 Å². The zero-order valence-electron chi connectivity index (χ0n) is 10.8. The molecule has 0 aliphatic heterocycles. The zero-order valence-corrected chi connectivity index (χ0v) is 15.5. The van der Waals surface area contributed by atoms with Gasteiger partial charge in [-0.15, -0.1) is 5.60 Å². The van der Waals surface area contributed by atoms with E-state index in [0.717, 1.165) is 5.56 Å². The molecule has 0 heterocycles. The summed E-state index contributed by atoms with van der Waals surface area (Å²) in [6.45, 7) is 6.78. The Morgan fingerprint density at radius 1 is 1.12 bits per heavy atom. The number of hydrogen-bond acceptors (Lipinski definition) is 3. The van der Waals surface area contributed by atoms with Crippen molar-refractivity contribution in [2.75, 3.05) is 0 Å². The summed E-state index contributed by atoms with van der Waals surface area (Å²) in [5.41, 5.74) is 0.258. The Hall–Kier alpha value is 1.06. The SMILES string of the molecule is CC(C)(C)[O-].Cc1ccc(S(=O)(=O)Cl)cc1.[K+]. The molecule has 0 atom stereocenters. The molecule has 0 amide bonds. The second-order valence-electron chi connectivity index (χ2n) is 4.36. The summed E-state index contributed by atoms with van der Waals surface area (Å²) in [5, 5.41) is 10.1. The molecule has 3 nitrogen and oxygen atoms in total. The molecule has 0 aliphatic rings. The Balaban J connectivity index is 0. The van der Waals surface area contributed by atoms with Gasteiger partial charge in [-0.05, 0) is 19.1 Å². The smallest absolute Gasteiger partial charge is 0.850 e. The minimum Gasteiger partial charge on any atom is -0.850 e. The summed E-state index contributed by atoms with van der Waals surface area (Å²) in [6, 6.07) is 6.37. The van der Waals surface area contributed by atoms with Crippen molar-refractivity contribution < 1.29 is 64.9 Å². The molecule has 92 valence electrons. The van der Waals surface area contributed by atoms with Crippen LogP contribution in [-0.4, -0.2) is 14.0 Å². The monoisotopic (exact) mass is 302 g/mol. The summed E-state index contributed by atoms with van der Waals surface area (Å²) in [5.74, 6) is 0. The van der Waals surface area contributed by atoms with Crippen molar-refractivity contribution in [3.05, 3.63) is 29.8 Å². The fourth-order valence-corrected chi connectivity index (χ4v) is 1.47. The molecule has 0 saturated carbocycles. The standard InChI is InChI=1S/C7H7ClO2S.C4H9O.K/c1-6-2-4-7(5-3-6)11(8,9)10;1-4(2,3)5;/h2-5H,1H3;1-3H3;/q;-1;+1. The van der Waals surface area contributed by atoms with E-state index in [4.69, 9.17) is 10.7 Å². The van der Waals surface area contributed by atoms with Crippen LogP contribution in [0.15, 0.2) is 29.2 Å². The molecule has 1 aromatic rings. The van der Waals surface area contributed by atoms with Crippen LogP contribution in [0.4, 0.5) is 0 Å². The van der Waals surface area contributed by atoms with E-state index >= 15 is 0 Å². The predicted molar refractivity (Wildman–Crippen MR) is 64.0 cm³/mol. The number of rotatable bonds is 1. The Bertz CT molecular complexity index is 415. The van der Waals surface area contributed by atoms with Crippen LogP contribution in [0.25, 0.3) is 0 Å². The van der Waals surface area contributed by atoms with Crippen molar-refractivity contribution in [2.24, 2.45) is 0 Å². The van der Waals surface area contributed by atoms with Crippen LogP contribution in [0.2, 0.25) is 0 Å². The summed E-state index contributed by atoms with van der Waals surface area (Å²) in [4.78, 5) is 0.143. The van der Waals surface area contributed by atoms with Crippen LogP contribution >= 0.6 is 10.7 Å². The molecule has 0 saturated heterocycles. The summed E-state index contributed by atoms with van der Waals surface area (Å²) in [6.07, 6.45) is 0. The molecule has 1 aromatic carbocycles. The number of hydrogen-bond donors (Lipinski definition) is 0. The third-order valence-electron chi connectivity index (χ3n) is 1.30. The average Bonchev–Trinajstić information content (AvgIpc) is 1.99. The Morgan fingerprint density at radius 2 is 1.41 bits per heavy atom. The summed E-state index contributed by atoms with van der Waals surface area (Å²) >= 11 is 0. The van der Waals surface area contributed by atoms with Gasteiger partial charge in [-0.2, -0.15) is 0 Å². The number of halogens is 1. The van der Waals surface area contributed by atoms with E-state index in [-0.39, 0.29) is 56.3 Å².